The number of rotatable bonds is 3. The van der Waals surface area contributed by atoms with Crippen LogP contribution in [0.15, 0.2) is 30.5 Å². The van der Waals surface area contributed by atoms with Gasteiger partial charge in [-0.3, -0.25) is 4.79 Å². The molecule has 4 heteroatoms. The molecule has 3 aliphatic rings. The van der Waals surface area contributed by atoms with E-state index < -0.39 is 0 Å². The van der Waals surface area contributed by atoms with Crippen molar-refractivity contribution in [2.45, 2.75) is 44.7 Å². The number of carbonyl (C=O) groups excluding carboxylic acids is 1. The molecule has 2 bridgehead atoms. The van der Waals surface area contributed by atoms with Crippen LogP contribution in [0.1, 0.15) is 42.2 Å². The van der Waals surface area contributed by atoms with Gasteiger partial charge in [-0.15, -0.1) is 0 Å². The molecular formula is C19H25N3O. The van der Waals surface area contributed by atoms with E-state index in [9.17, 15) is 4.79 Å². The van der Waals surface area contributed by atoms with Crippen LogP contribution in [0.4, 0.5) is 0 Å². The summed E-state index contributed by atoms with van der Waals surface area (Å²) in [6.45, 7) is 3.25. The maximum absolute atomic E-state index is 12.9. The Morgan fingerprint density at radius 2 is 2.22 bits per heavy atom. The molecular weight excluding hydrogens is 286 g/mol. The van der Waals surface area contributed by atoms with Crippen molar-refractivity contribution in [3.05, 3.63) is 41.7 Å². The smallest absolute Gasteiger partial charge is 0.253 e. The molecule has 5 rings (SSSR count). The lowest BCUT2D eigenvalue weighted by molar-refractivity contribution is 0.0398. The van der Waals surface area contributed by atoms with Crippen LogP contribution in [0.25, 0.3) is 5.52 Å². The number of fused-ring (bicyclic) bond motifs is 4. The van der Waals surface area contributed by atoms with E-state index in [-0.39, 0.29) is 5.91 Å². The van der Waals surface area contributed by atoms with Crippen LogP contribution in [0.5, 0.6) is 0 Å². The van der Waals surface area contributed by atoms with E-state index in [4.69, 9.17) is 0 Å². The summed E-state index contributed by atoms with van der Waals surface area (Å²) in [4.78, 5) is 15.3. The quantitative estimate of drug-likeness (QED) is 0.946. The molecule has 1 aliphatic carbocycles. The van der Waals surface area contributed by atoms with E-state index in [2.05, 4.69) is 34.7 Å². The van der Waals surface area contributed by atoms with E-state index in [0.29, 0.717) is 18.0 Å². The minimum atomic E-state index is 0.0913. The number of nitrogens with one attached hydrogen (secondary N) is 1. The van der Waals surface area contributed by atoms with E-state index in [1.807, 2.05) is 24.4 Å². The summed E-state index contributed by atoms with van der Waals surface area (Å²) < 4.78 is 2.13. The van der Waals surface area contributed by atoms with Gasteiger partial charge in [0, 0.05) is 30.5 Å². The van der Waals surface area contributed by atoms with Gasteiger partial charge in [-0.2, -0.15) is 0 Å². The number of aryl methyl sites for hydroxylation is 1. The van der Waals surface area contributed by atoms with Gasteiger partial charge in [0.2, 0.25) is 0 Å². The second kappa shape index (κ2) is 5.68. The van der Waals surface area contributed by atoms with Gasteiger partial charge in [-0.05, 0) is 56.8 Å². The molecule has 122 valence electrons. The number of hydrogen-bond acceptors (Lipinski definition) is 2. The monoisotopic (exact) mass is 311 g/mol. The van der Waals surface area contributed by atoms with Crippen molar-refractivity contribution in [1.29, 1.82) is 0 Å². The van der Waals surface area contributed by atoms with Gasteiger partial charge in [-0.1, -0.05) is 13.0 Å². The molecule has 4 nitrogen and oxygen atoms in total. The Hall–Kier alpha value is -1.81. The summed E-state index contributed by atoms with van der Waals surface area (Å²) in [6.07, 6.45) is 6.60. The maximum atomic E-state index is 12.9. The van der Waals surface area contributed by atoms with Crippen molar-refractivity contribution in [2.75, 3.05) is 13.6 Å². The number of nitrogens with zero attached hydrogens (tertiary/aromatic N) is 2. The second-order valence-corrected chi connectivity index (χ2v) is 7.11. The zero-order valence-electron chi connectivity index (χ0n) is 14.0. The third-order valence-electron chi connectivity index (χ3n) is 5.79. The summed E-state index contributed by atoms with van der Waals surface area (Å²) in [5.74, 6) is 0.696. The molecule has 3 atom stereocenters. The van der Waals surface area contributed by atoms with Crippen molar-refractivity contribution in [3.63, 3.8) is 0 Å². The summed E-state index contributed by atoms with van der Waals surface area (Å²) in [5.41, 5.74) is 3.02. The number of hydrogen-bond donors (Lipinski definition) is 1. The molecule has 1 saturated carbocycles. The lowest BCUT2D eigenvalue weighted by atomic mass is 9.76. The Bertz CT molecular complexity index is 735. The third kappa shape index (κ3) is 2.45. The maximum Gasteiger partial charge on any atom is 0.253 e. The third-order valence-corrected chi connectivity index (χ3v) is 5.79. The number of amides is 1. The molecule has 2 aromatic heterocycles. The summed E-state index contributed by atoms with van der Waals surface area (Å²) >= 11 is 0. The Morgan fingerprint density at radius 3 is 2.91 bits per heavy atom. The highest BCUT2D eigenvalue weighted by Crippen LogP contribution is 2.34. The Morgan fingerprint density at radius 1 is 1.35 bits per heavy atom. The van der Waals surface area contributed by atoms with Crippen LogP contribution < -0.4 is 5.32 Å². The summed E-state index contributed by atoms with van der Waals surface area (Å²) in [6, 6.07) is 9.09. The van der Waals surface area contributed by atoms with Crippen molar-refractivity contribution >= 4 is 11.4 Å². The van der Waals surface area contributed by atoms with Crippen molar-refractivity contribution in [3.8, 4) is 0 Å². The largest absolute Gasteiger partial charge is 0.349 e. The van der Waals surface area contributed by atoms with Gasteiger partial charge in [0.15, 0.2) is 0 Å². The van der Waals surface area contributed by atoms with Crippen LogP contribution >= 0.6 is 0 Å². The topological polar surface area (TPSA) is 36.8 Å². The molecule has 23 heavy (non-hydrogen) atoms. The first-order chi connectivity index (χ1) is 11.2. The molecule has 4 heterocycles. The lowest BCUT2D eigenvalue weighted by Gasteiger charge is -2.48. The van der Waals surface area contributed by atoms with Crippen LogP contribution in [0.2, 0.25) is 0 Å². The molecule has 2 saturated heterocycles. The van der Waals surface area contributed by atoms with Crippen molar-refractivity contribution < 1.29 is 4.79 Å². The van der Waals surface area contributed by atoms with Gasteiger partial charge in [0.1, 0.15) is 0 Å². The molecule has 0 radical (unpaired) electrons. The zero-order valence-corrected chi connectivity index (χ0v) is 14.0. The zero-order chi connectivity index (χ0) is 16.0. The van der Waals surface area contributed by atoms with Crippen molar-refractivity contribution in [1.82, 2.24) is 14.6 Å². The fourth-order valence-electron chi connectivity index (χ4n) is 4.45. The van der Waals surface area contributed by atoms with Gasteiger partial charge in [0.05, 0.1) is 11.1 Å². The highest BCUT2D eigenvalue weighted by Gasteiger charge is 2.39. The van der Waals surface area contributed by atoms with E-state index in [1.54, 1.807) is 0 Å². The Kier molecular flexibility index (Phi) is 3.64. The van der Waals surface area contributed by atoms with Crippen LogP contribution in [-0.2, 0) is 6.42 Å². The van der Waals surface area contributed by atoms with E-state index >= 15 is 0 Å². The van der Waals surface area contributed by atoms with E-state index in [0.717, 1.165) is 30.5 Å². The molecule has 3 unspecified atom stereocenters. The fraction of sp³-hybridized carbons (Fsp3) is 0.526. The summed E-state index contributed by atoms with van der Waals surface area (Å²) in [5, 5.41) is 3.34. The number of pyridine rings is 1. The first kappa shape index (κ1) is 14.8. The van der Waals surface area contributed by atoms with Crippen molar-refractivity contribution in [2.24, 2.45) is 5.92 Å². The number of carbonyl (C=O) groups is 1. The molecule has 0 spiro atoms. The number of piperidine rings is 2. The molecule has 1 amide bonds. The second-order valence-electron chi connectivity index (χ2n) is 7.11. The SMILES string of the molecule is CCc1cc(C(=O)NC2CC3CCC2CN3C)c2ccccn12. The average Bonchev–Trinajstić information content (AvgIpc) is 2.95. The number of aromatic nitrogens is 1. The molecule has 1 N–H and O–H groups in total. The van der Waals surface area contributed by atoms with Crippen LogP contribution in [0.3, 0.4) is 0 Å². The highest BCUT2D eigenvalue weighted by atomic mass is 16.1. The summed E-state index contributed by atoms with van der Waals surface area (Å²) in [7, 11) is 2.21. The predicted octanol–water partition coefficient (Wildman–Crippen LogP) is 2.71. The molecule has 3 fully saturated rings. The standard InChI is InChI=1S/C19H25N3O/c1-3-14-10-16(18-6-4-5-9-22(14)18)19(23)20-17-11-15-8-7-13(17)12-21(15)2/h4-6,9-10,13,15,17H,3,7-8,11-12H2,1-2H3,(H,20,23). The first-order valence-electron chi connectivity index (χ1n) is 8.77. The Balaban J connectivity index is 1.58. The Labute approximate surface area is 137 Å². The normalized spacial score (nSPS) is 27.5. The van der Waals surface area contributed by atoms with Crippen LogP contribution in [-0.4, -0.2) is 40.9 Å². The predicted molar refractivity (Wildman–Crippen MR) is 91.8 cm³/mol. The van der Waals surface area contributed by atoms with Gasteiger partial charge >= 0.3 is 0 Å². The first-order valence-corrected chi connectivity index (χ1v) is 8.77. The average molecular weight is 311 g/mol. The van der Waals surface area contributed by atoms with Gasteiger partial charge < -0.3 is 14.6 Å². The molecule has 0 aromatic carbocycles. The minimum Gasteiger partial charge on any atom is -0.349 e. The molecule has 2 aliphatic heterocycles. The lowest BCUT2D eigenvalue weighted by Crippen LogP contribution is -2.57. The van der Waals surface area contributed by atoms with Crippen LogP contribution in [0, 0.1) is 5.92 Å². The van der Waals surface area contributed by atoms with Gasteiger partial charge in [-0.25, -0.2) is 0 Å². The minimum absolute atomic E-state index is 0.0913. The fourth-order valence-corrected chi connectivity index (χ4v) is 4.45. The van der Waals surface area contributed by atoms with Gasteiger partial charge in [0.25, 0.3) is 5.91 Å². The molecule has 2 aromatic rings. The highest BCUT2D eigenvalue weighted by molar-refractivity contribution is 6.01. The van der Waals surface area contributed by atoms with E-state index in [1.165, 1.54) is 18.5 Å².